The predicted molar refractivity (Wildman–Crippen MR) is 156 cm³/mol. The molecular weight excluding hydrogens is 528 g/mol. The van der Waals surface area contributed by atoms with Gasteiger partial charge in [0, 0.05) is 17.0 Å². The summed E-state index contributed by atoms with van der Waals surface area (Å²) < 4.78 is 32.2. The molecule has 5 rings (SSSR count). The van der Waals surface area contributed by atoms with E-state index in [1.54, 1.807) is 30.3 Å². The highest BCUT2D eigenvalue weighted by Gasteiger charge is 2.34. The number of aromatic nitrogens is 2. The van der Waals surface area contributed by atoms with Crippen LogP contribution in [0.3, 0.4) is 0 Å². The van der Waals surface area contributed by atoms with Crippen LogP contribution in [0.4, 0.5) is 0 Å². The van der Waals surface area contributed by atoms with Crippen LogP contribution in [0.5, 0.6) is 0 Å². The second-order valence-electron chi connectivity index (χ2n) is 10.4. The Hall–Kier alpha value is -3.22. The molecule has 1 atom stereocenters. The van der Waals surface area contributed by atoms with Gasteiger partial charge in [0.15, 0.2) is 9.84 Å². The standard InChI is InChI=1S/C32H33ClN2O3S/c1-2-29(25-14-16-28(33)17-15-25)39(36,37)23-24-10-9-11-26(22-24)31-34-30(38-35-31)18-21-32(19-7-4-8-20-32)27-12-5-3-6-13-27/h2-3,5-6,9-17,22,29H,1,4,7-8,18-21,23H2. The molecule has 0 saturated heterocycles. The van der Waals surface area contributed by atoms with Gasteiger partial charge < -0.3 is 4.52 Å². The van der Waals surface area contributed by atoms with Gasteiger partial charge in [0.2, 0.25) is 11.7 Å². The summed E-state index contributed by atoms with van der Waals surface area (Å²) in [6.07, 6.45) is 9.25. The van der Waals surface area contributed by atoms with Crippen LogP contribution in [0, 0.1) is 0 Å². The molecule has 1 aliphatic rings. The lowest BCUT2D eigenvalue weighted by Crippen LogP contribution is -2.29. The topological polar surface area (TPSA) is 73.1 Å². The molecule has 1 fully saturated rings. The zero-order valence-corrected chi connectivity index (χ0v) is 23.5. The van der Waals surface area contributed by atoms with E-state index in [4.69, 9.17) is 16.1 Å². The molecule has 1 saturated carbocycles. The molecule has 1 aromatic heterocycles. The van der Waals surface area contributed by atoms with Crippen molar-refractivity contribution in [3.63, 3.8) is 0 Å². The predicted octanol–water partition coefficient (Wildman–Crippen LogP) is 8.07. The van der Waals surface area contributed by atoms with E-state index >= 15 is 0 Å². The van der Waals surface area contributed by atoms with Gasteiger partial charge in [0.25, 0.3) is 0 Å². The SMILES string of the molecule is C=CC(c1ccc(Cl)cc1)S(=O)(=O)Cc1cccc(-c2noc(CCC3(c4ccccc4)CCCCC3)n2)c1. The van der Waals surface area contributed by atoms with Crippen molar-refractivity contribution < 1.29 is 12.9 Å². The molecule has 1 aliphatic carbocycles. The van der Waals surface area contributed by atoms with Crippen LogP contribution in [0.1, 0.15) is 66.4 Å². The summed E-state index contributed by atoms with van der Waals surface area (Å²) >= 11 is 5.98. The zero-order chi connectivity index (χ0) is 27.3. The number of sulfone groups is 1. The molecule has 0 N–H and O–H groups in total. The van der Waals surface area contributed by atoms with Gasteiger partial charge >= 0.3 is 0 Å². The van der Waals surface area contributed by atoms with Gasteiger partial charge in [-0.3, -0.25) is 0 Å². The molecule has 0 radical (unpaired) electrons. The van der Waals surface area contributed by atoms with Crippen LogP contribution >= 0.6 is 11.6 Å². The van der Waals surface area contributed by atoms with E-state index in [1.807, 2.05) is 18.2 Å². The van der Waals surface area contributed by atoms with Crippen LogP contribution in [-0.4, -0.2) is 18.6 Å². The van der Waals surface area contributed by atoms with Gasteiger partial charge in [-0.1, -0.05) is 103 Å². The second-order valence-corrected chi connectivity index (χ2v) is 13.0. The highest BCUT2D eigenvalue weighted by molar-refractivity contribution is 7.91. The number of benzene rings is 3. The van der Waals surface area contributed by atoms with Gasteiger partial charge in [-0.05, 0) is 59.6 Å². The fourth-order valence-corrected chi connectivity index (χ4v) is 7.60. The van der Waals surface area contributed by atoms with Crippen LogP contribution in [0.15, 0.2) is 96.0 Å². The summed E-state index contributed by atoms with van der Waals surface area (Å²) in [4.78, 5) is 4.68. The molecule has 202 valence electrons. The first-order valence-corrected chi connectivity index (χ1v) is 15.5. The highest BCUT2D eigenvalue weighted by atomic mass is 35.5. The maximum absolute atomic E-state index is 13.3. The minimum Gasteiger partial charge on any atom is -0.339 e. The first-order chi connectivity index (χ1) is 18.9. The molecule has 0 amide bonds. The summed E-state index contributed by atoms with van der Waals surface area (Å²) in [5, 5.41) is 3.95. The highest BCUT2D eigenvalue weighted by Crippen LogP contribution is 2.43. The summed E-state index contributed by atoms with van der Waals surface area (Å²) in [6, 6.07) is 24.9. The Morgan fingerprint density at radius 3 is 2.44 bits per heavy atom. The molecule has 1 unspecified atom stereocenters. The summed E-state index contributed by atoms with van der Waals surface area (Å²) in [5.41, 5.74) is 3.57. The number of aryl methyl sites for hydroxylation is 1. The van der Waals surface area contributed by atoms with E-state index in [0.717, 1.165) is 12.0 Å². The summed E-state index contributed by atoms with van der Waals surface area (Å²) in [5.74, 6) is 0.947. The number of nitrogens with zero attached hydrogens (tertiary/aromatic N) is 2. The average molecular weight is 561 g/mol. The van der Waals surface area contributed by atoms with E-state index in [-0.39, 0.29) is 11.2 Å². The Kier molecular flexibility index (Phi) is 8.34. The molecule has 39 heavy (non-hydrogen) atoms. The van der Waals surface area contributed by atoms with Crippen molar-refractivity contribution in [1.29, 1.82) is 0 Å². The molecule has 4 aromatic rings. The van der Waals surface area contributed by atoms with Crippen molar-refractivity contribution >= 4 is 21.4 Å². The van der Waals surface area contributed by atoms with Crippen LogP contribution in [-0.2, 0) is 27.4 Å². The lowest BCUT2D eigenvalue weighted by atomic mass is 9.67. The molecule has 0 aliphatic heterocycles. The lowest BCUT2D eigenvalue weighted by Gasteiger charge is -2.38. The molecule has 0 bridgehead atoms. The third-order valence-electron chi connectivity index (χ3n) is 7.83. The van der Waals surface area contributed by atoms with Crippen molar-refractivity contribution in [1.82, 2.24) is 10.1 Å². The van der Waals surface area contributed by atoms with Gasteiger partial charge in [0.1, 0.15) is 5.25 Å². The lowest BCUT2D eigenvalue weighted by molar-refractivity contribution is 0.261. The molecule has 3 aromatic carbocycles. The molecule has 1 heterocycles. The molecule has 5 nitrogen and oxygen atoms in total. The minimum absolute atomic E-state index is 0.134. The van der Waals surface area contributed by atoms with Gasteiger partial charge in [-0.2, -0.15) is 4.98 Å². The molecular formula is C32H33ClN2O3S. The van der Waals surface area contributed by atoms with Crippen molar-refractivity contribution in [3.05, 3.63) is 119 Å². The third-order valence-corrected chi connectivity index (χ3v) is 10.1. The normalized spacial score (nSPS) is 16.0. The third kappa shape index (κ3) is 6.34. The van der Waals surface area contributed by atoms with Gasteiger partial charge in [-0.15, -0.1) is 6.58 Å². The quantitative estimate of drug-likeness (QED) is 0.183. The van der Waals surface area contributed by atoms with Crippen molar-refractivity contribution in [2.45, 2.75) is 61.4 Å². The smallest absolute Gasteiger partial charge is 0.226 e. The van der Waals surface area contributed by atoms with Crippen LogP contribution < -0.4 is 0 Å². The summed E-state index contributed by atoms with van der Waals surface area (Å²) in [6.45, 7) is 3.77. The zero-order valence-electron chi connectivity index (χ0n) is 21.9. The maximum atomic E-state index is 13.3. The Labute approximate surface area is 235 Å². The van der Waals surface area contributed by atoms with Gasteiger partial charge in [0.05, 0.1) is 5.75 Å². The van der Waals surface area contributed by atoms with Gasteiger partial charge in [-0.25, -0.2) is 8.42 Å². The first-order valence-electron chi connectivity index (χ1n) is 13.5. The fraction of sp³-hybridized carbons (Fsp3) is 0.312. The Balaban J connectivity index is 1.30. The number of hydrogen-bond acceptors (Lipinski definition) is 5. The van der Waals surface area contributed by atoms with Crippen LogP contribution in [0.2, 0.25) is 5.02 Å². The minimum atomic E-state index is -3.56. The second kappa shape index (κ2) is 11.9. The summed E-state index contributed by atoms with van der Waals surface area (Å²) in [7, 11) is -3.56. The van der Waals surface area contributed by atoms with E-state index in [2.05, 4.69) is 47.1 Å². The monoisotopic (exact) mass is 560 g/mol. The average Bonchev–Trinajstić information content (AvgIpc) is 3.43. The fourth-order valence-electron chi connectivity index (χ4n) is 5.79. The number of halogens is 1. The van der Waals surface area contributed by atoms with Crippen LogP contribution in [0.25, 0.3) is 11.4 Å². The number of rotatable bonds is 10. The first kappa shape index (κ1) is 27.4. The van der Waals surface area contributed by atoms with Crippen molar-refractivity contribution in [2.75, 3.05) is 0 Å². The van der Waals surface area contributed by atoms with Crippen molar-refractivity contribution in [3.8, 4) is 11.4 Å². The Morgan fingerprint density at radius 1 is 0.974 bits per heavy atom. The van der Waals surface area contributed by atoms with E-state index in [1.165, 1.54) is 43.7 Å². The van der Waals surface area contributed by atoms with Crippen molar-refractivity contribution in [2.24, 2.45) is 0 Å². The Morgan fingerprint density at radius 2 is 1.72 bits per heavy atom. The Bertz CT molecular complexity index is 1510. The number of hydrogen-bond donors (Lipinski definition) is 0. The maximum Gasteiger partial charge on any atom is 0.226 e. The van der Waals surface area contributed by atoms with E-state index < -0.39 is 15.1 Å². The van der Waals surface area contributed by atoms with E-state index in [9.17, 15) is 8.42 Å². The molecule has 0 spiro atoms. The molecule has 7 heteroatoms. The largest absolute Gasteiger partial charge is 0.339 e. The van der Waals surface area contributed by atoms with E-state index in [0.29, 0.717) is 34.3 Å².